The number of nitrogens with zero attached hydrogens (tertiary/aromatic N) is 2. The van der Waals surface area contributed by atoms with Crippen LogP contribution in [0.15, 0.2) is 18.2 Å². The minimum absolute atomic E-state index is 0.0767. The Balaban J connectivity index is 2.35. The predicted molar refractivity (Wildman–Crippen MR) is 85.8 cm³/mol. The van der Waals surface area contributed by atoms with Gasteiger partial charge in [0.05, 0.1) is 21.3 Å². The molecule has 7 nitrogen and oxygen atoms in total. The van der Waals surface area contributed by atoms with E-state index in [1.807, 2.05) is 0 Å². The van der Waals surface area contributed by atoms with Crippen molar-refractivity contribution >= 4 is 11.6 Å². The molecular weight excluding hydrogens is 336 g/mol. The monoisotopic (exact) mass is 353 g/mol. The van der Waals surface area contributed by atoms with Gasteiger partial charge in [-0.15, -0.1) is 0 Å². The minimum Gasteiger partial charge on any atom is -0.493 e. The molecule has 2 aromatic rings. The maximum Gasteiger partial charge on any atom is 0.280 e. The topological polar surface area (TPSA) is 82.6 Å². The van der Waals surface area contributed by atoms with Crippen molar-refractivity contribution in [3.8, 4) is 17.2 Å². The summed E-state index contributed by atoms with van der Waals surface area (Å²) in [7, 11) is 4.32. The van der Waals surface area contributed by atoms with E-state index in [-0.39, 0.29) is 11.5 Å². The fourth-order valence-electron chi connectivity index (χ4n) is 2.17. The average Bonchev–Trinajstić information content (AvgIpc) is 2.60. The zero-order valence-corrected chi connectivity index (χ0v) is 14.1. The Kier molecular flexibility index (Phi) is 5.68. The number of hydrogen-bond donors (Lipinski definition) is 1. The van der Waals surface area contributed by atoms with Gasteiger partial charge in [0.25, 0.3) is 12.3 Å². The van der Waals surface area contributed by atoms with Crippen LogP contribution in [0.4, 0.5) is 14.5 Å². The number of halogens is 2. The average molecular weight is 353 g/mol. The number of rotatable bonds is 6. The van der Waals surface area contributed by atoms with Crippen LogP contribution in [-0.2, 0) is 0 Å². The van der Waals surface area contributed by atoms with Crippen molar-refractivity contribution in [3.63, 3.8) is 0 Å². The normalized spacial score (nSPS) is 10.5. The molecule has 0 radical (unpaired) electrons. The van der Waals surface area contributed by atoms with Crippen molar-refractivity contribution in [3.05, 3.63) is 35.4 Å². The van der Waals surface area contributed by atoms with Gasteiger partial charge in [-0.3, -0.25) is 4.79 Å². The Morgan fingerprint density at radius 1 is 1.04 bits per heavy atom. The van der Waals surface area contributed by atoms with E-state index < -0.39 is 18.0 Å². The highest BCUT2D eigenvalue weighted by Crippen LogP contribution is 2.40. The van der Waals surface area contributed by atoms with Crippen LogP contribution in [0.1, 0.15) is 28.4 Å². The zero-order chi connectivity index (χ0) is 18.6. The van der Waals surface area contributed by atoms with E-state index in [1.165, 1.54) is 40.4 Å². The number of alkyl halides is 2. The maximum absolute atomic E-state index is 12.8. The summed E-state index contributed by atoms with van der Waals surface area (Å²) in [6.07, 6.45) is -2.80. The molecule has 25 heavy (non-hydrogen) atoms. The fourth-order valence-corrected chi connectivity index (χ4v) is 2.17. The maximum atomic E-state index is 12.8. The van der Waals surface area contributed by atoms with E-state index in [2.05, 4.69) is 15.3 Å². The molecule has 1 aromatic heterocycles. The summed E-state index contributed by atoms with van der Waals surface area (Å²) in [5, 5.41) is 2.56. The van der Waals surface area contributed by atoms with Crippen LogP contribution < -0.4 is 19.5 Å². The SMILES string of the molecule is COc1cc(NC(=O)c2cc(C(F)F)nc(C)n2)cc(OC)c1OC. The lowest BCUT2D eigenvalue weighted by Crippen LogP contribution is -2.16. The Morgan fingerprint density at radius 2 is 1.64 bits per heavy atom. The van der Waals surface area contributed by atoms with E-state index in [9.17, 15) is 13.6 Å². The molecule has 0 aliphatic heterocycles. The smallest absolute Gasteiger partial charge is 0.280 e. The molecule has 1 N–H and O–H groups in total. The Morgan fingerprint density at radius 3 is 2.12 bits per heavy atom. The van der Waals surface area contributed by atoms with Gasteiger partial charge < -0.3 is 19.5 Å². The number of benzene rings is 1. The molecule has 134 valence electrons. The summed E-state index contributed by atoms with van der Waals surface area (Å²) < 4.78 is 41.2. The van der Waals surface area contributed by atoms with Crippen molar-refractivity contribution in [2.45, 2.75) is 13.3 Å². The number of carbonyl (C=O) groups excluding carboxylic acids is 1. The van der Waals surface area contributed by atoms with Gasteiger partial charge in [0, 0.05) is 17.8 Å². The number of methoxy groups -OCH3 is 3. The van der Waals surface area contributed by atoms with Crippen molar-refractivity contribution in [2.24, 2.45) is 0 Å². The molecule has 1 heterocycles. The first-order valence-corrected chi connectivity index (χ1v) is 7.14. The molecular formula is C16H17F2N3O4. The number of aromatic nitrogens is 2. The van der Waals surface area contributed by atoms with Crippen LogP contribution in [0.5, 0.6) is 17.2 Å². The van der Waals surface area contributed by atoms with Crippen LogP contribution in [0.2, 0.25) is 0 Å². The Bertz CT molecular complexity index is 759. The van der Waals surface area contributed by atoms with Gasteiger partial charge in [-0.1, -0.05) is 0 Å². The second-order valence-corrected chi connectivity index (χ2v) is 4.89. The first-order chi connectivity index (χ1) is 11.9. The lowest BCUT2D eigenvalue weighted by Gasteiger charge is -2.14. The molecule has 0 bridgehead atoms. The summed E-state index contributed by atoms with van der Waals surface area (Å²) in [6.45, 7) is 1.43. The third-order valence-electron chi connectivity index (χ3n) is 3.24. The van der Waals surface area contributed by atoms with Crippen molar-refractivity contribution < 1.29 is 27.8 Å². The molecule has 0 saturated carbocycles. The van der Waals surface area contributed by atoms with E-state index >= 15 is 0 Å². The molecule has 0 spiro atoms. The number of aryl methyl sites for hydroxylation is 1. The number of carbonyl (C=O) groups is 1. The molecule has 1 aromatic carbocycles. The highest BCUT2D eigenvalue weighted by molar-refractivity contribution is 6.03. The largest absolute Gasteiger partial charge is 0.493 e. The van der Waals surface area contributed by atoms with Gasteiger partial charge >= 0.3 is 0 Å². The lowest BCUT2D eigenvalue weighted by molar-refractivity contribution is 0.102. The number of amides is 1. The van der Waals surface area contributed by atoms with Crippen LogP contribution in [-0.4, -0.2) is 37.2 Å². The number of nitrogens with one attached hydrogen (secondary N) is 1. The van der Waals surface area contributed by atoms with Crippen molar-refractivity contribution in [1.29, 1.82) is 0 Å². The van der Waals surface area contributed by atoms with Crippen LogP contribution >= 0.6 is 0 Å². The first-order valence-electron chi connectivity index (χ1n) is 7.14. The third-order valence-corrected chi connectivity index (χ3v) is 3.24. The fraction of sp³-hybridized carbons (Fsp3) is 0.312. The summed E-state index contributed by atoms with van der Waals surface area (Å²) >= 11 is 0. The molecule has 0 aliphatic rings. The summed E-state index contributed by atoms with van der Waals surface area (Å²) in [5.41, 5.74) is -0.353. The van der Waals surface area contributed by atoms with Gasteiger partial charge in [0.15, 0.2) is 11.5 Å². The van der Waals surface area contributed by atoms with E-state index in [4.69, 9.17) is 14.2 Å². The molecule has 2 rings (SSSR count). The second-order valence-electron chi connectivity index (χ2n) is 4.89. The van der Waals surface area contributed by atoms with Gasteiger partial charge in [-0.25, -0.2) is 18.7 Å². The minimum atomic E-state index is -2.80. The molecule has 1 amide bonds. The van der Waals surface area contributed by atoms with Crippen molar-refractivity contribution in [1.82, 2.24) is 9.97 Å². The van der Waals surface area contributed by atoms with E-state index in [0.717, 1.165) is 6.07 Å². The second kappa shape index (κ2) is 7.73. The van der Waals surface area contributed by atoms with Gasteiger partial charge in [0.1, 0.15) is 17.2 Å². The van der Waals surface area contributed by atoms with Gasteiger partial charge in [-0.2, -0.15) is 0 Å². The molecule has 0 unspecified atom stereocenters. The van der Waals surface area contributed by atoms with Crippen LogP contribution in [0, 0.1) is 6.92 Å². The highest BCUT2D eigenvalue weighted by Gasteiger charge is 2.18. The molecule has 0 atom stereocenters. The van der Waals surface area contributed by atoms with E-state index in [1.54, 1.807) is 0 Å². The first kappa shape index (κ1) is 18.4. The summed E-state index contributed by atoms with van der Waals surface area (Å²) in [5.74, 6) is 0.448. The molecule has 9 heteroatoms. The number of hydrogen-bond acceptors (Lipinski definition) is 6. The molecule has 0 saturated heterocycles. The highest BCUT2D eigenvalue weighted by atomic mass is 19.3. The van der Waals surface area contributed by atoms with E-state index in [0.29, 0.717) is 22.9 Å². The van der Waals surface area contributed by atoms with Crippen LogP contribution in [0.3, 0.4) is 0 Å². The number of ether oxygens (including phenoxy) is 3. The number of anilines is 1. The molecule has 0 aliphatic carbocycles. The quantitative estimate of drug-likeness (QED) is 0.860. The molecule has 0 fully saturated rings. The standard InChI is InChI=1S/C16H17F2N3O4/c1-8-19-10(15(17)18)7-11(20-8)16(22)21-9-5-12(23-2)14(25-4)13(6-9)24-3/h5-7,15H,1-4H3,(H,21,22). The Hall–Kier alpha value is -2.97. The summed E-state index contributed by atoms with van der Waals surface area (Å²) in [4.78, 5) is 19.8. The van der Waals surface area contributed by atoms with Crippen molar-refractivity contribution in [2.75, 3.05) is 26.6 Å². The predicted octanol–water partition coefficient (Wildman–Crippen LogP) is 3.00. The summed E-state index contributed by atoms with van der Waals surface area (Å²) in [6, 6.07) is 3.98. The van der Waals surface area contributed by atoms with Crippen LogP contribution in [0.25, 0.3) is 0 Å². The van der Waals surface area contributed by atoms with Gasteiger partial charge in [-0.05, 0) is 13.0 Å². The third kappa shape index (κ3) is 4.11. The van der Waals surface area contributed by atoms with Gasteiger partial charge in [0.2, 0.25) is 5.75 Å². The lowest BCUT2D eigenvalue weighted by atomic mass is 10.2. The zero-order valence-electron chi connectivity index (χ0n) is 14.1. The Labute approximate surface area is 143 Å².